The Balaban J connectivity index is 2.04. The molecule has 0 radical (unpaired) electrons. The van der Waals surface area contributed by atoms with Crippen LogP contribution >= 0.6 is 0 Å². The van der Waals surface area contributed by atoms with Gasteiger partial charge in [0.15, 0.2) is 14.5 Å². The van der Waals surface area contributed by atoms with Gasteiger partial charge in [-0.2, -0.15) is 0 Å². The van der Waals surface area contributed by atoms with Crippen molar-refractivity contribution in [3.05, 3.63) is 35.0 Å². The van der Waals surface area contributed by atoms with Gasteiger partial charge < -0.3 is 19.4 Å². The number of rotatable bonds is 4. The molecule has 0 amide bonds. The number of aliphatic hydroxyl groups is 2. The minimum atomic E-state index is -2.21. The van der Waals surface area contributed by atoms with Crippen molar-refractivity contribution >= 4 is 14.1 Å². The van der Waals surface area contributed by atoms with Crippen LogP contribution in [0.5, 0.6) is 0 Å². The van der Waals surface area contributed by atoms with Crippen molar-refractivity contribution in [3.8, 4) is 0 Å². The zero-order chi connectivity index (χ0) is 19.3. The first-order valence-electron chi connectivity index (χ1n) is 8.73. The molecule has 1 unspecified atom stereocenters. The van der Waals surface area contributed by atoms with E-state index in [1.807, 2.05) is 0 Å². The SMILES string of the molecule is CC(C)(C)[Si](C)(C)OC1[C@H](n2ccc(=O)n3ccnc23)O[C@H](CO)[C@H]1O. The summed E-state index contributed by atoms with van der Waals surface area (Å²) in [6, 6.07) is 1.42. The molecule has 2 aromatic heterocycles. The zero-order valence-electron chi connectivity index (χ0n) is 15.8. The molecule has 2 aromatic rings. The van der Waals surface area contributed by atoms with Crippen LogP contribution in [-0.4, -0.2) is 57.4 Å². The Morgan fingerprint density at radius 3 is 2.65 bits per heavy atom. The standard InChI is InChI=1S/C17H27N3O5Si/c1-17(2,3)26(4,5)25-14-13(23)11(10-21)24-15(14)20-8-6-12(22)19-9-7-18-16(19)20/h6-9,11,13-15,21,23H,10H2,1-5H3/t11-,13-,14?,15-/m1/s1. The highest BCUT2D eigenvalue weighted by Gasteiger charge is 2.50. The van der Waals surface area contributed by atoms with Crippen molar-refractivity contribution in [2.45, 2.75) is 63.4 Å². The van der Waals surface area contributed by atoms with Crippen LogP contribution in [0.1, 0.15) is 27.0 Å². The molecule has 1 fully saturated rings. The average molecular weight is 382 g/mol. The van der Waals surface area contributed by atoms with E-state index in [2.05, 4.69) is 38.8 Å². The quantitative estimate of drug-likeness (QED) is 0.771. The normalized spacial score (nSPS) is 27.3. The number of hydrogen-bond acceptors (Lipinski definition) is 6. The van der Waals surface area contributed by atoms with Crippen molar-refractivity contribution in [1.82, 2.24) is 14.0 Å². The maximum atomic E-state index is 12.0. The van der Waals surface area contributed by atoms with Gasteiger partial charge in [0.25, 0.3) is 5.56 Å². The Labute approximate surface area is 153 Å². The van der Waals surface area contributed by atoms with Crippen molar-refractivity contribution in [2.24, 2.45) is 0 Å². The summed E-state index contributed by atoms with van der Waals surface area (Å²) >= 11 is 0. The zero-order valence-corrected chi connectivity index (χ0v) is 16.8. The van der Waals surface area contributed by atoms with Crippen LogP contribution in [0.25, 0.3) is 5.78 Å². The van der Waals surface area contributed by atoms with Crippen molar-refractivity contribution < 1.29 is 19.4 Å². The lowest BCUT2D eigenvalue weighted by atomic mass is 10.1. The molecule has 8 nitrogen and oxygen atoms in total. The van der Waals surface area contributed by atoms with Gasteiger partial charge in [-0.15, -0.1) is 0 Å². The van der Waals surface area contributed by atoms with Gasteiger partial charge in [0.1, 0.15) is 18.3 Å². The van der Waals surface area contributed by atoms with Crippen LogP contribution in [0.2, 0.25) is 18.1 Å². The van der Waals surface area contributed by atoms with E-state index in [0.29, 0.717) is 5.78 Å². The van der Waals surface area contributed by atoms with Crippen LogP contribution in [0.3, 0.4) is 0 Å². The molecule has 144 valence electrons. The molecule has 9 heteroatoms. The number of aliphatic hydroxyl groups excluding tert-OH is 2. The predicted molar refractivity (Wildman–Crippen MR) is 98.5 cm³/mol. The van der Waals surface area contributed by atoms with E-state index in [4.69, 9.17) is 9.16 Å². The minimum absolute atomic E-state index is 0.0548. The summed E-state index contributed by atoms with van der Waals surface area (Å²) in [5.74, 6) is 0.400. The maximum Gasteiger partial charge on any atom is 0.258 e. The van der Waals surface area contributed by atoms with Crippen LogP contribution < -0.4 is 5.56 Å². The first-order valence-corrected chi connectivity index (χ1v) is 11.6. The van der Waals surface area contributed by atoms with E-state index in [-0.39, 0.29) is 17.2 Å². The third kappa shape index (κ3) is 3.14. The van der Waals surface area contributed by atoms with Gasteiger partial charge >= 0.3 is 0 Å². The average Bonchev–Trinajstić information content (AvgIpc) is 3.14. The summed E-state index contributed by atoms with van der Waals surface area (Å²) in [4.78, 5) is 16.2. The van der Waals surface area contributed by atoms with Crippen molar-refractivity contribution in [3.63, 3.8) is 0 Å². The molecule has 0 aliphatic carbocycles. The Bertz CT molecular complexity index is 841. The molecule has 26 heavy (non-hydrogen) atoms. The second kappa shape index (κ2) is 6.57. The monoisotopic (exact) mass is 381 g/mol. The van der Waals surface area contributed by atoms with Crippen LogP contribution in [-0.2, 0) is 9.16 Å². The fraction of sp³-hybridized carbons (Fsp3) is 0.647. The highest BCUT2D eigenvalue weighted by molar-refractivity contribution is 6.74. The molecule has 0 spiro atoms. The smallest absolute Gasteiger partial charge is 0.258 e. The summed E-state index contributed by atoms with van der Waals surface area (Å²) in [6.45, 7) is 10.2. The summed E-state index contributed by atoms with van der Waals surface area (Å²) in [5.41, 5.74) is -0.201. The van der Waals surface area contributed by atoms with Crippen LogP contribution in [0.4, 0.5) is 0 Å². The number of fused-ring (bicyclic) bond motifs is 1. The van der Waals surface area contributed by atoms with E-state index in [0.717, 1.165) is 0 Å². The molecule has 1 aliphatic rings. The lowest BCUT2D eigenvalue weighted by Gasteiger charge is -2.40. The van der Waals surface area contributed by atoms with Gasteiger partial charge in [0.05, 0.1) is 6.61 Å². The first kappa shape index (κ1) is 19.2. The Morgan fingerprint density at radius 1 is 1.35 bits per heavy atom. The molecule has 4 atom stereocenters. The second-order valence-electron chi connectivity index (χ2n) is 8.24. The number of aromatic nitrogens is 3. The molecule has 1 saturated heterocycles. The number of nitrogens with zero attached hydrogens (tertiary/aromatic N) is 3. The van der Waals surface area contributed by atoms with E-state index >= 15 is 0 Å². The van der Waals surface area contributed by atoms with Crippen LogP contribution in [0, 0.1) is 0 Å². The van der Waals surface area contributed by atoms with Crippen molar-refractivity contribution in [2.75, 3.05) is 6.61 Å². The van der Waals surface area contributed by atoms with E-state index < -0.39 is 32.9 Å². The first-order chi connectivity index (χ1) is 12.1. The predicted octanol–water partition coefficient (Wildman–Crippen LogP) is 1.14. The fourth-order valence-corrected chi connectivity index (χ4v) is 4.18. The molecule has 1 aliphatic heterocycles. The Morgan fingerprint density at radius 2 is 2.04 bits per heavy atom. The highest BCUT2D eigenvalue weighted by Crippen LogP contribution is 2.41. The Kier molecular flexibility index (Phi) is 4.87. The third-order valence-corrected chi connectivity index (χ3v) is 9.94. The summed E-state index contributed by atoms with van der Waals surface area (Å²) in [5, 5.41) is 20.2. The van der Waals surface area contributed by atoms with Gasteiger partial charge in [-0.1, -0.05) is 20.8 Å². The highest BCUT2D eigenvalue weighted by atomic mass is 28.4. The second-order valence-corrected chi connectivity index (χ2v) is 13.0. The van der Waals surface area contributed by atoms with Gasteiger partial charge in [-0.25, -0.2) is 4.98 Å². The van der Waals surface area contributed by atoms with Gasteiger partial charge in [0.2, 0.25) is 5.78 Å². The molecular formula is C17H27N3O5Si. The summed E-state index contributed by atoms with van der Waals surface area (Å²) in [7, 11) is -2.21. The molecule has 0 bridgehead atoms. The number of imidazole rings is 1. The topological polar surface area (TPSA) is 98.2 Å². The largest absolute Gasteiger partial charge is 0.407 e. The molecule has 3 heterocycles. The lowest BCUT2D eigenvalue weighted by molar-refractivity contribution is -0.0502. The third-order valence-electron chi connectivity index (χ3n) is 5.47. The minimum Gasteiger partial charge on any atom is -0.407 e. The fourth-order valence-electron chi connectivity index (χ4n) is 2.89. The summed E-state index contributed by atoms with van der Waals surface area (Å²) < 4.78 is 15.4. The van der Waals surface area contributed by atoms with Gasteiger partial charge in [-0.05, 0) is 18.1 Å². The van der Waals surface area contributed by atoms with Gasteiger partial charge in [-0.3, -0.25) is 13.8 Å². The number of hydrogen-bond donors (Lipinski definition) is 2. The van der Waals surface area contributed by atoms with Crippen molar-refractivity contribution in [1.29, 1.82) is 0 Å². The van der Waals surface area contributed by atoms with E-state index in [1.54, 1.807) is 17.0 Å². The number of ether oxygens (including phenoxy) is 1. The molecule has 0 saturated carbocycles. The van der Waals surface area contributed by atoms with Gasteiger partial charge in [0, 0.05) is 24.7 Å². The summed E-state index contributed by atoms with van der Waals surface area (Å²) in [6.07, 6.45) is 1.60. The molecule has 3 rings (SSSR count). The molecule has 2 N–H and O–H groups in total. The van der Waals surface area contributed by atoms with E-state index in [1.165, 1.54) is 16.7 Å². The molecular weight excluding hydrogens is 354 g/mol. The van der Waals surface area contributed by atoms with Crippen LogP contribution in [0.15, 0.2) is 29.5 Å². The maximum absolute atomic E-state index is 12.0. The molecule has 0 aromatic carbocycles. The lowest BCUT2D eigenvalue weighted by Crippen LogP contribution is -2.49. The van der Waals surface area contributed by atoms with E-state index in [9.17, 15) is 15.0 Å². The Hall–Kier alpha value is -1.52.